The highest BCUT2D eigenvalue weighted by Gasteiger charge is 2.44. The highest BCUT2D eigenvalue weighted by molar-refractivity contribution is 5.70. The second-order valence-corrected chi connectivity index (χ2v) is 10.5. The van der Waals surface area contributed by atoms with Gasteiger partial charge in [0.15, 0.2) is 0 Å². The van der Waals surface area contributed by atoms with Crippen LogP contribution in [0.1, 0.15) is 119 Å². The summed E-state index contributed by atoms with van der Waals surface area (Å²) >= 11 is 0. The molecule has 182 valence electrons. The number of ether oxygens (including phenoxy) is 2. The van der Waals surface area contributed by atoms with Crippen molar-refractivity contribution in [1.29, 1.82) is 0 Å². The Hall–Kier alpha value is -1.07. The largest absolute Gasteiger partial charge is 0.444 e. The Kier molecular flexibility index (Phi) is 12.8. The number of aliphatic hydroxyl groups is 1. The molecule has 1 fully saturated rings. The molecule has 5 nitrogen and oxygen atoms in total. The molecule has 31 heavy (non-hydrogen) atoms. The molecule has 1 rings (SSSR count). The summed E-state index contributed by atoms with van der Waals surface area (Å²) in [7, 11) is 0. The van der Waals surface area contributed by atoms with Gasteiger partial charge in [-0.2, -0.15) is 0 Å². The van der Waals surface area contributed by atoms with Gasteiger partial charge >= 0.3 is 6.09 Å². The lowest BCUT2D eigenvalue weighted by Gasteiger charge is -2.34. The summed E-state index contributed by atoms with van der Waals surface area (Å²) in [5, 5.41) is 10.3. The van der Waals surface area contributed by atoms with Gasteiger partial charge in [-0.3, -0.25) is 4.90 Å². The van der Waals surface area contributed by atoms with Gasteiger partial charge in [0.2, 0.25) is 0 Å². The fourth-order valence-electron chi connectivity index (χ4n) is 4.01. The summed E-state index contributed by atoms with van der Waals surface area (Å²) in [6.07, 6.45) is 17.9. The fraction of sp³-hybridized carbons (Fsp3) is 0.885. The molecule has 0 radical (unpaired) electrons. The average Bonchev–Trinajstić information content (AvgIpc) is 2.97. The van der Waals surface area contributed by atoms with E-state index in [9.17, 15) is 9.90 Å². The minimum absolute atomic E-state index is 0.225. The Bertz CT molecular complexity index is 524. The number of carbonyl (C=O) groups excluding carboxylic acids is 1. The van der Waals surface area contributed by atoms with Crippen LogP contribution in [0.3, 0.4) is 0 Å². The number of nitrogens with zero attached hydrogens (tertiary/aromatic N) is 1. The van der Waals surface area contributed by atoms with E-state index >= 15 is 0 Å². The van der Waals surface area contributed by atoms with E-state index in [-0.39, 0.29) is 12.1 Å². The zero-order valence-corrected chi connectivity index (χ0v) is 21.1. The van der Waals surface area contributed by atoms with Gasteiger partial charge in [-0.25, -0.2) is 4.79 Å². The number of carbonyl (C=O) groups is 1. The quantitative estimate of drug-likeness (QED) is 0.234. The molecule has 0 aromatic carbocycles. The summed E-state index contributed by atoms with van der Waals surface area (Å²) in [6.45, 7) is 12.0. The lowest BCUT2D eigenvalue weighted by Crippen LogP contribution is -2.49. The molecule has 1 N–H and O–H groups in total. The molecule has 1 aliphatic rings. The van der Waals surface area contributed by atoms with Gasteiger partial charge in [0.25, 0.3) is 0 Å². The maximum atomic E-state index is 12.6. The Morgan fingerprint density at radius 3 is 2.10 bits per heavy atom. The topological polar surface area (TPSA) is 59.0 Å². The van der Waals surface area contributed by atoms with Crippen LogP contribution in [0.15, 0.2) is 12.2 Å². The van der Waals surface area contributed by atoms with Crippen LogP contribution in [0.4, 0.5) is 4.79 Å². The molecule has 1 amide bonds. The first-order chi connectivity index (χ1) is 14.6. The SMILES string of the molecule is CCCCCCCCCCCCC[C@H](O)/C=C/[C@@H]1COC(C)(C)N1C(=O)OC(C)(C)C. The van der Waals surface area contributed by atoms with Crippen LogP contribution in [-0.4, -0.2) is 46.2 Å². The predicted octanol–water partition coefficient (Wildman–Crippen LogP) is 6.98. The van der Waals surface area contributed by atoms with E-state index in [0.717, 1.165) is 12.8 Å². The van der Waals surface area contributed by atoms with Crippen LogP contribution >= 0.6 is 0 Å². The van der Waals surface area contributed by atoms with Crippen molar-refractivity contribution < 1.29 is 19.4 Å². The van der Waals surface area contributed by atoms with Crippen molar-refractivity contribution in [2.24, 2.45) is 0 Å². The van der Waals surface area contributed by atoms with Gasteiger partial charge in [-0.1, -0.05) is 89.7 Å². The fourth-order valence-corrected chi connectivity index (χ4v) is 4.01. The average molecular weight is 440 g/mol. The minimum Gasteiger partial charge on any atom is -0.444 e. The molecule has 0 unspecified atom stereocenters. The number of rotatable bonds is 14. The highest BCUT2D eigenvalue weighted by atomic mass is 16.6. The molecule has 0 aromatic rings. The summed E-state index contributed by atoms with van der Waals surface area (Å²) in [5.41, 5.74) is -1.28. The summed E-state index contributed by atoms with van der Waals surface area (Å²) in [6, 6.07) is -0.225. The van der Waals surface area contributed by atoms with E-state index in [1.165, 1.54) is 64.2 Å². The van der Waals surface area contributed by atoms with Crippen LogP contribution in [0.2, 0.25) is 0 Å². The van der Waals surface area contributed by atoms with Crippen LogP contribution in [0, 0.1) is 0 Å². The van der Waals surface area contributed by atoms with E-state index in [0.29, 0.717) is 6.61 Å². The monoisotopic (exact) mass is 439 g/mol. The second-order valence-electron chi connectivity index (χ2n) is 10.5. The third kappa shape index (κ3) is 11.9. The van der Waals surface area contributed by atoms with Crippen LogP contribution < -0.4 is 0 Å². The first-order valence-corrected chi connectivity index (χ1v) is 12.6. The van der Waals surface area contributed by atoms with Crippen molar-refractivity contribution >= 4 is 6.09 Å². The van der Waals surface area contributed by atoms with Crippen LogP contribution in [-0.2, 0) is 9.47 Å². The molecule has 5 heteroatoms. The van der Waals surface area contributed by atoms with E-state index in [1.807, 2.05) is 46.8 Å². The zero-order valence-electron chi connectivity index (χ0n) is 21.1. The third-order valence-corrected chi connectivity index (χ3v) is 5.77. The van der Waals surface area contributed by atoms with Gasteiger partial charge in [0.05, 0.1) is 18.8 Å². The molecule has 1 aliphatic heterocycles. The second kappa shape index (κ2) is 14.2. The van der Waals surface area contributed by atoms with Crippen molar-refractivity contribution in [3.63, 3.8) is 0 Å². The smallest absolute Gasteiger partial charge is 0.413 e. The molecule has 0 saturated carbocycles. The molecule has 0 bridgehead atoms. The summed E-state index contributed by atoms with van der Waals surface area (Å²) in [5.74, 6) is 0. The first kappa shape index (κ1) is 28.0. The van der Waals surface area contributed by atoms with Gasteiger partial charge < -0.3 is 14.6 Å². The number of unbranched alkanes of at least 4 members (excludes halogenated alkanes) is 10. The Morgan fingerprint density at radius 1 is 1.06 bits per heavy atom. The molecule has 0 aromatic heterocycles. The number of aliphatic hydroxyl groups excluding tert-OH is 1. The highest BCUT2D eigenvalue weighted by Crippen LogP contribution is 2.30. The third-order valence-electron chi connectivity index (χ3n) is 5.77. The molecule has 2 atom stereocenters. The van der Waals surface area contributed by atoms with Crippen molar-refractivity contribution in [3.05, 3.63) is 12.2 Å². The molecule has 0 spiro atoms. The Morgan fingerprint density at radius 2 is 1.58 bits per heavy atom. The molecule has 1 heterocycles. The predicted molar refractivity (Wildman–Crippen MR) is 128 cm³/mol. The number of hydrogen-bond acceptors (Lipinski definition) is 4. The Labute approximate surface area is 191 Å². The van der Waals surface area contributed by atoms with E-state index in [2.05, 4.69) is 6.92 Å². The Balaban J connectivity index is 2.26. The van der Waals surface area contributed by atoms with Gasteiger partial charge in [-0.05, 0) is 41.0 Å². The number of hydrogen-bond donors (Lipinski definition) is 1. The van der Waals surface area contributed by atoms with Gasteiger partial charge in [0, 0.05) is 0 Å². The van der Waals surface area contributed by atoms with Crippen molar-refractivity contribution in [3.8, 4) is 0 Å². The van der Waals surface area contributed by atoms with Gasteiger partial charge in [0.1, 0.15) is 11.3 Å². The molecule has 0 aliphatic carbocycles. The summed E-state index contributed by atoms with van der Waals surface area (Å²) < 4.78 is 11.3. The standard InChI is InChI=1S/C26H49NO4/c1-7-8-9-10-11-12-13-14-15-16-17-18-23(28)20-19-22-21-30-26(5,6)27(22)24(29)31-25(2,3)4/h19-20,22-23,28H,7-18,21H2,1-6H3/b20-19+/t22-,23+/m1/s1. The molecule has 1 saturated heterocycles. The van der Waals surface area contributed by atoms with E-state index in [4.69, 9.17) is 9.47 Å². The number of amides is 1. The molecular weight excluding hydrogens is 390 g/mol. The van der Waals surface area contributed by atoms with E-state index in [1.54, 1.807) is 4.90 Å². The normalized spacial score (nSPS) is 19.8. The minimum atomic E-state index is -0.724. The maximum Gasteiger partial charge on any atom is 0.413 e. The summed E-state index contributed by atoms with van der Waals surface area (Å²) in [4.78, 5) is 14.3. The lowest BCUT2D eigenvalue weighted by molar-refractivity contribution is -0.0610. The first-order valence-electron chi connectivity index (χ1n) is 12.6. The van der Waals surface area contributed by atoms with Crippen molar-refractivity contribution in [2.45, 2.75) is 142 Å². The van der Waals surface area contributed by atoms with Crippen molar-refractivity contribution in [1.82, 2.24) is 4.90 Å². The maximum absolute atomic E-state index is 12.6. The van der Waals surface area contributed by atoms with Crippen molar-refractivity contribution in [2.75, 3.05) is 6.61 Å². The van der Waals surface area contributed by atoms with Crippen LogP contribution in [0.25, 0.3) is 0 Å². The van der Waals surface area contributed by atoms with E-state index < -0.39 is 17.4 Å². The zero-order chi connectivity index (χ0) is 23.3. The van der Waals surface area contributed by atoms with Crippen LogP contribution in [0.5, 0.6) is 0 Å². The molecular formula is C26H49NO4. The lowest BCUT2D eigenvalue weighted by atomic mass is 10.0. The van der Waals surface area contributed by atoms with Gasteiger partial charge in [-0.15, -0.1) is 0 Å².